The number of hydrogen-bond acceptors (Lipinski definition) is 5. The molecule has 0 spiro atoms. The molecule has 2 N–H and O–H groups in total. The molecule has 1 amide bonds. The van der Waals surface area contributed by atoms with E-state index in [4.69, 9.17) is 11.2 Å². The Morgan fingerprint density at radius 3 is 2.35 bits per heavy atom. The molecule has 1 aliphatic heterocycles. The topological polar surface area (TPSA) is 101 Å². The van der Waals surface area contributed by atoms with Gasteiger partial charge in [0, 0.05) is 44.1 Å². The highest BCUT2D eigenvalue weighted by Gasteiger charge is 2.36. The molecule has 0 aliphatic carbocycles. The Balaban J connectivity index is 1.78. The van der Waals surface area contributed by atoms with Gasteiger partial charge in [0.25, 0.3) is 5.56 Å². The van der Waals surface area contributed by atoms with Crippen LogP contribution < -0.4 is 10.9 Å². The third kappa shape index (κ3) is 9.83. The summed E-state index contributed by atoms with van der Waals surface area (Å²) < 4.78 is 79.0. The number of benzene rings is 2. The van der Waals surface area contributed by atoms with Crippen LogP contribution in [0.4, 0.5) is 22.0 Å². The third-order valence-corrected chi connectivity index (χ3v) is 8.93. The van der Waals surface area contributed by atoms with Gasteiger partial charge in [-0.25, -0.2) is 8.78 Å². The minimum atomic E-state index is -4.84. The van der Waals surface area contributed by atoms with Crippen LogP contribution in [0.5, 0.6) is 0 Å². The number of carbonyl (C=O) groups excluding carboxylic acids is 1. The average Bonchev–Trinajstić information content (AvgIpc) is 3.31. The SMILES string of the molecule is C#Cc1cc(-c2c(C)cc(F)cc2C)cc([C@H](CC(=O)O)NC(=O)[C@@H](CC(C)C)n2cc(CCN3CCCOCC3)c(C(F)(F)F)cc2=O)c1F. The zero-order valence-corrected chi connectivity index (χ0v) is 29.0. The summed E-state index contributed by atoms with van der Waals surface area (Å²) in [6.07, 6.45) is 1.68. The molecule has 13 heteroatoms. The van der Waals surface area contributed by atoms with Gasteiger partial charge in [0.15, 0.2) is 0 Å². The molecule has 0 bridgehead atoms. The van der Waals surface area contributed by atoms with Crippen molar-refractivity contribution in [2.75, 3.05) is 32.8 Å². The van der Waals surface area contributed by atoms with Crippen LogP contribution in [0.3, 0.4) is 0 Å². The normalized spacial score (nSPS) is 15.2. The Morgan fingerprint density at radius 1 is 1.06 bits per heavy atom. The number of alkyl halides is 3. The van der Waals surface area contributed by atoms with Crippen LogP contribution in [-0.4, -0.2) is 59.3 Å². The predicted molar refractivity (Wildman–Crippen MR) is 182 cm³/mol. The van der Waals surface area contributed by atoms with E-state index in [1.165, 1.54) is 24.3 Å². The maximum absolute atomic E-state index is 15.9. The minimum Gasteiger partial charge on any atom is -0.481 e. The minimum absolute atomic E-state index is 0.00804. The monoisotopic (exact) mass is 715 g/mol. The van der Waals surface area contributed by atoms with Crippen molar-refractivity contribution in [3.63, 3.8) is 0 Å². The predicted octanol–water partition coefficient (Wildman–Crippen LogP) is 6.59. The molecule has 0 unspecified atom stereocenters. The molecule has 0 radical (unpaired) electrons. The first kappa shape index (κ1) is 39.2. The van der Waals surface area contributed by atoms with E-state index in [2.05, 4.69) is 11.2 Å². The van der Waals surface area contributed by atoms with Crippen LogP contribution in [0.15, 0.2) is 41.3 Å². The molecule has 51 heavy (non-hydrogen) atoms. The fraction of sp³-hybridized carbons (Fsp3) is 0.447. The van der Waals surface area contributed by atoms with Crippen LogP contribution in [0.1, 0.15) is 78.6 Å². The summed E-state index contributed by atoms with van der Waals surface area (Å²) in [5, 5.41) is 12.4. The molecule has 3 aromatic rings. The molecule has 274 valence electrons. The molecule has 2 heterocycles. The summed E-state index contributed by atoms with van der Waals surface area (Å²) in [5.41, 5.74) is -0.947. The Bertz CT molecular complexity index is 1830. The van der Waals surface area contributed by atoms with Gasteiger partial charge in [-0.3, -0.25) is 14.4 Å². The Morgan fingerprint density at radius 2 is 1.75 bits per heavy atom. The molecule has 2 atom stereocenters. The van der Waals surface area contributed by atoms with E-state index in [1.807, 2.05) is 4.90 Å². The molecule has 1 saturated heterocycles. The van der Waals surface area contributed by atoms with E-state index in [0.29, 0.717) is 54.6 Å². The van der Waals surface area contributed by atoms with Crippen molar-refractivity contribution in [3.8, 4) is 23.5 Å². The molecule has 1 aromatic heterocycles. The Labute approximate surface area is 293 Å². The third-order valence-electron chi connectivity index (χ3n) is 8.93. The van der Waals surface area contributed by atoms with Crippen molar-refractivity contribution in [1.82, 2.24) is 14.8 Å². The van der Waals surface area contributed by atoms with Gasteiger partial charge < -0.3 is 24.6 Å². The van der Waals surface area contributed by atoms with Crippen molar-refractivity contribution in [1.29, 1.82) is 0 Å². The molecule has 2 aromatic carbocycles. The van der Waals surface area contributed by atoms with Crippen molar-refractivity contribution >= 4 is 11.9 Å². The van der Waals surface area contributed by atoms with Crippen LogP contribution in [0.2, 0.25) is 0 Å². The number of aromatic nitrogens is 1. The zero-order chi connectivity index (χ0) is 37.6. The zero-order valence-electron chi connectivity index (χ0n) is 29.0. The summed E-state index contributed by atoms with van der Waals surface area (Å²) in [5.74, 6) is -1.73. The smallest absolute Gasteiger partial charge is 0.416 e. The molecule has 8 nitrogen and oxygen atoms in total. The second kappa shape index (κ2) is 16.7. The number of nitrogens with one attached hydrogen (secondary N) is 1. The second-order valence-electron chi connectivity index (χ2n) is 13.3. The number of ether oxygens (including phenoxy) is 1. The highest BCUT2D eigenvalue weighted by atomic mass is 19.4. The quantitative estimate of drug-likeness (QED) is 0.162. The van der Waals surface area contributed by atoms with E-state index in [9.17, 15) is 37.1 Å². The van der Waals surface area contributed by atoms with Crippen molar-refractivity contribution in [2.24, 2.45) is 5.92 Å². The number of terminal acetylenes is 1. The molecule has 1 aliphatic rings. The number of carbonyl (C=O) groups is 2. The lowest BCUT2D eigenvalue weighted by Crippen LogP contribution is -2.41. The van der Waals surface area contributed by atoms with Gasteiger partial charge in [-0.1, -0.05) is 19.8 Å². The number of amides is 1. The summed E-state index contributed by atoms with van der Waals surface area (Å²) in [6, 6.07) is 2.87. The average molecular weight is 716 g/mol. The molecule has 1 fully saturated rings. The van der Waals surface area contributed by atoms with Gasteiger partial charge in [0.05, 0.1) is 30.2 Å². The number of halogens is 5. The first-order valence-corrected chi connectivity index (χ1v) is 16.7. The van der Waals surface area contributed by atoms with Gasteiger partial charge in [-0.2, -0.15) is 13.2 Å². The highest BCUT2D eigenvalue weighted by molar-refractivity contribution is 5.82. The van der Waals surface area contributed by atoms with Gasteiger partial charge in [0.1, 0.15) is 17.7 Å². The number of rotatable bonds is 12. The Hall–Kier alpha value is -4.54. The van der Waals surface area contributed by atoms with Crippen molar-refractivity contribution < 1.29 is 41.4 Å². The molecular weight excluding hydrogens is 673 g/mol. The van der Waals surface area contributed by atoms with Crippen LogP contribution in [0.25, 0.3) is 11.1 Å². The lowest BCUT2D eigenvalue weighted by Gasteiger charge is -2.27. The molecule has 4 rings (SSSR count). The van der Waals surface area contributed by atoms with Gasteiger partial charge in [0.2, 0.25) is 5.91 Å². The largest absolute Gasteiger partial charge is 0.481 e. The Kier molecular flexibility index (Phi) is 12.8. The summed E-state index contributed by atoms with van der Waals surface area (Å²) in [6.45, 7) is 9.21. The summed E-state index contributed by atoms with van der Waals surface area (Å²) >= 11 is 0. The summed E-state index contributed by atoms with van der Waals surface area (Å²) in [7, 11) is 0. The van der Waals surface area contributed by atoms with Crippen molar-refractivity contribution in [3.05, 3.63) is 91.9 Å². The highest BCUT2D eigenvalue weighted by Crippen LogP contribution is 2.35. The van der Waals surface area contributed by atoms with Gasteiger partial charge in [-0.05, 0) is 91.1 Å². The van der Waals surface area contributed by atoms with Crippen molar-refractivity contribution in [2.45, 2.75) is 71.6 Å². The number of aryl methyl sites for hydroxylation is 2. The first-order valence-electron chi connectivity index (χ1n) is 16.7. The number of pyridine rings is 1. The van der Waals surface area contributed by atoms with E-state index < -0.39 is 59.3 Å². The van der Waals surface area contributed by atoms with E-state index in [-0.39, 0.29) is 42.0 Å². The fourth-order valence-corrected chi connectivity index (χ4v) is 6.59. The summed E-state index contributed by atoms with van der Waals surface area (Å²) in [4.78, 5) is 41.5. The number of carboxylic acids is 1. The standard InChI is InChI=1S/C38H42F5N3O5/c1-6-25-17-27(35-23(4)15-28(39)16-24(35)5)18-29(36(25)40)31(20-34(48)49)44-37(50)32(14-22(2)3)46-21-26(30(19-33(46)47)38(41,42)43)8-10-45-9-7-12-51-13-11-45/h1,15-19,21-22,31-32H,7-14,20H2,2-5H3,(H,44,50)(H,48,49)/t31-,32+/m0/s1. The number of nitrogens with zero attached hydrogens (tertiary/aromatic N) is 2. The number of hydrogen-bond donors (Lipinski definition) is 2. The number of aliphatic carboxylic acids is 1. The lowest BCUT2D eigenvalue weighted by atomic mass is 9.90. The molecule has 0 saturated carbocycles. The van der Waals surface area contributed by atoms with Gasteiger partial charge >= 0.3 is 12.1 Å². The van der Waals surface area contributed by atoms with Crippen LogP contribution in [-0.2, 0) is 26.9 Å². The maximum atomic E-state index is 15.9. The van der Waals surface area contributed by atoms with E-state index >= 15 is 4.39 Å². The second-order valence-corrected chi connectivity index (χ2v) is 13.3. The maximum Gasteiger partial charge on any atom is 0.416 e. The lowest BCUT2D eigenvalue weighted by molar-refractivity contribution is -0.139. The fourth-order valence-electron chi connectivity index (χ4n) is 6.59. The van der Waals surface area contributed by atoms with E-state index in [1.54, 1.807) is 27.7 Å². The van der Waals surface area contributed by atoms with Crippen LogP contribution in [0, 0.1) is 43.7 Å². The van der Waals surface area contributed by atoms with E-state index in [0.717, 1.165) is 17.2 Å². The van der Waals surface area contributed by atoms with Crippen LogP contribution >= 0.6 is 0 Å². The first-order chi connectivity index (χ1) is 24.0. The van der Waals surface area contributed by atoms with Gasteiger partial charge in [-0.15, -0.1) is 6.42 Å². The molecular formula is C38H42F5N3O5. The number of carboxylic acid groups (broad SMARTS) is 1.